The van der Waals surface area contributed by atoms with Gasteiger partial charge in [0.2, 0.25) is 0 Å². The lowest BCUT2D eigenvalue weighted by atomic mass is 10.0. The van der Waals surface area contributed by atoms with Crippen LogP contribution in [-0.2, 0) is 26.7 Å². The van der Waals surface area contributed by atoms with E-state index in [1.54, 1.807) is 24.3 Å². The maximum atomic E-state index is 15.4. The van der Waals surface area contributed by atoms with E-state index in [4.69, 9.17) is 9.47 Å². The van der Waals surface area contributed by atoms with Crippen molar-refractivity contribution in [2.75, 3.05) is 20.8 Å². The van der Waals surface area contributed by atoms with Crippen LogP contribution in [0, 0.1) is 0 Å². The second-order valence-corrected chi connectivity index (χ2v) is 7.20. The molecule has 0 N–H and O–H groups in total. The molecule has 0 aliphatic rings. The maximum absolute atomic E-state index is 15.4. The van der Waals surface area contributed by atoms with Crippen molar-refractivity contribution in [2.45, 2.75) is 31.7 Å². The molecule has 3 aromatic rings. The number of esters is 1. The van der Waals surface area contributed by atoms with Crippen molar-refractivity contribution < 1.29 is 32.2 Å². The highest BCUT2D eigenvalue weighted by Crippen LogP contribution is 2.38. The number of methoxy groups -OCH3 is 2. The Kier molecular flexibility index (Phi) is 7.70. The minimum absolute atomic E-state index is 0.0112. The van der Waals surface area contributed by atoms with Gasteiger partial charge in [0.1, 0.15) is 5.75 Å². The van der Waals surface area contributed by atoms with E-state index in [0.717, 1.165) is 16.3 Å². The Balaban J connectivity index is 1.91. The lowest BCUT2D eigenvalue weighted by Gasteiger charge is -2.26. The largest absolute Gasteiger partial charge is 0.497 e. The molecular formula is C23H23F3N2O5. The molecule has 0 saturated heterocycles. The summed E-state index contributed by atoms with van der Waals surface area (Å²) in [6.07, 6.45) is -2.49. The molecule has 176 valence electrons. The summed E-state index contributed by atoms with van der Waals surface area (Å²) in [7, 11) is 2.72. The lowest BCUT2D eigenvalue weighted by Crippen LogP contribution is -2.34. The Morgan fingerprint density at radius 2 is 1.85 bits per heavy atom. The highest BCUT2D eigenvalue weighted by Gasteiger charge is 2.45. The summed E-state index contributed by atoms with van der Waals surface area (Å²) in [5.41, 5.74) is -0.302. The molecule has 1 aromatic heterocycles. The summed E-state index contributed by atoms with van der Waals surface area (Å²) >= 11 is 0. The molecule has 0 aliphatic heterocycles. The second kappa shape index (κ2) is 10.5. The Labute approximate surface area is 187 Å². The van der Waals surface area contributed by atoms with Gasteiger partial charge in [0, 0.05) is 17.4 Å². The summed E-state index contributed by atoms with van der Waals surface area (Å²) < 4.78 is 58.6. The predicted molar refractivity (Wildman–Crippen MR) is 114 cm³/mol. The first-order valence-electron chi connectivity index (χ1n) is 10.1. The average Bonchev–Trinajstić information content (AvgIpc) is 2.83. The molecule has 0 fully saturated rings. The first-order chi connectivity index (χ1) is 15.8. The molecule has 10 heteroatoms. The number of carbonyl (C=O) groups excluding carboxylic acids is 1. The summed E-state index contributed by atoms with van der Waals surface area (Å²) in [5.74, 6) is -3.39. The molecule has 0 amide bonds. The smallest absolute Gasteiger partial charge is 0.305 e. The zero-order valence-corrected chi connectivity index (χ0v) is 18.1. The van der Waals surface area contributed by atoms with Gasteiger partial charge in [-0.25, -0.2) is 17.9 Å². The summed E-state index contributed by atoms with van der Waals surface area (Å²) in [6.45, 7) is -0.322. The molecule has 0 radical (unpaired) electrons. The van der Waals surface area contributed by atoms with Gasteiger partial charge in [0.15, 0.2) is 0 Å². The Bertz CT molecular complexity index is 1170. The van der Waals surface area contributed by atoms with E-state index in [-0.39, 0.29) is 30.2 Å². The van der Waals surface area contributed by atoms with Gasteiger partial charge in [-0.1, -0.05) is 24.3 Å². The summed E-state index contributed by atoms with van der Waals surface area (Å²) in [5, 5.41) is 4.00. The highest BCUT2D eigenvalue weighted by atomic mass is 19.3. The van der Waals surface area contributed by atoms with Crippen molar-refractivity contribution in [1.29, 1.82) is 0 Å². The van der Waals surface area contributed by atoms with Crippen molar-refractivity contribution in [3.8, 4) is 5.75 Å². The van der Waals surface area contributed by atoms with Crippen LogP contribution in [-0.4, -0.2) is 43.0 Å². The van der Waals surface area contributed by atoms with Gasteiger partial charge in [0.25, 0.3) is 11.4 Å². The topological polar surface area (TPSA) is 79.7 Å². The number of benzene rings is 2. The van der Waals surface area contributed by atoms with Gasteiger partial charge in [0.05, 0.1) is 39.0 Å². The fourth-order valence-corrected chi connectivity index (χ4v) is 3.32. The molecule has 7 nitrogen and oxygen atoms in total. The second-order valence-electron chi connectivity index (χ2n) is 7.20. The third kappa shape index (κ3) is 5.33. The first kappa shape index (κ1) is 24.2. The normalized spacial score (nSPS) is 13.2. The van der Waals surface area contributed by atoms with Gasteiger partial charge in [-0.05, 0) is 30.2 Å². The Morgan fingerprint density at radius 3 is 2.48 bits per heavy atom. The number of halogens is 3. The predicted octanol–water partition coefficient (Wildman–Crippen LogP) is 3.81. The average molecular weight is 464 g/mol. The molecular weight excluding hydrogens is 441 g/mol. The third-order valence-corrected chi connectivity index (χ3v) is 5.10. The summed E-state index contributed by atoms with van der Waals surface area (Å²) in [6, 6.07) is 10.8. The Morgan fingerprint density at radius 1 is 1.12 bits per heavy atom. The number of carbonyl (C=O) groups is 1. The van der Waals surface area contributed by atoms with Crippen LogP contribution in [0.4, 0.5) is 13.2 Å². The number of ether oxygens (including phenoxy) is 3. The third-order valence-electron chi connectivity index (χ3n) is 5.10. The van der Waals surface area contributed by atoms with Crippen molar-refractivity contribution >= 4 is 16.7 Å². The van der Waals surface area contributed by atoms with Crippen molar-refractivity contribution in [3.05, 3.63) is 70.1 Å². The van der Waals surface area contributed by atoms with E-state index >= 15 is 4.39 Å². The summed E-state index contributed by atoms with van der Waals surface area (Å²) in [4.78, 5) is 24.1. The van der Waals surface area contributed by atoms with Gasteiger partial charge in [-0.3, -0.25) is 9.59 Å². The van der Waals surface area contributed by atoms with Gasteiger partial charge >= 0.3 is 12.4 Å². The van der Waals surface area contributed by atoms with Crippen LogP contribution in [0.25, 0.3) is 10.8 Å². The van der Waals surface area contributed by atoms with E-state index in [0.29, 0.717) is 5.75 Å². The van der Waals surface area contributed by atoms with Crippen molar-refractivity contribution in [1.82, 2.24) is 9.78 Å². The van der Waals surface area contributed by atoms with Gasteiger partial charge < -0.3 is 14.2 Å². The molecule has 1 atom stereocenters. The number of fused-ring (bicyclic) bond motifs is 1. The molecule has 1 heterocycles. The quantitative estimate of drug-likeness (QED) is 0.335. The van der Waals surface area contributed by atoms with Crippen LogP contribution in [0.3, 0.4) is 0 Å². The number of nitrogens with zero attached hydrogens (tertiary/aromatic N) is 2. The van der Waals surface area contributed by atoms with E-state index in [1.807, 2.05) is 0 Å². The molecule has 0 bridgehead atoms. The number of hydrogen-bond donors (Lipinski definition) is 0. The number of aromatic nitrogens is 2. The van der Waals surface area contributed by atoms with E-state index < -0.39 is 36.0 Å². The number of rotatable bonds is 10. The van der Waals surface area contributed by atoms with Crippen molar-refractivity contribution in [2.24, 2.45) is 0 Å². The molecule has 2 aromatic carbocycles. The van der Waals surface area contributed by atoms with E-state index in [2.05, 4.69) is 9.84 Å². The maximum Gasteiger partial charge on any atom is 0.305 e. The number of hydrogen-bond acceptors (Lipinski definition) is 6. The van der Waals surface area contributed by atoms with Crippen LogP contribution in [0.1, 0.15) is 24.0 Å². The molecule has 33 heavy (non-hydrogen) atoms. The van der Waals surface area contributed by atoms with Crippen LogP contribution in [0.5, 0.6) is 5.75 Å². The minimum atomic E-state index is -3.54. The fourth-order valence-electron chi connectivity index (χ4n) is 3.32. The zero-order chi connectivity index (χ0) is 24.0. The Hall–Kier alpha value is -3.40. The minimum Gasteiger partial charge on any atom is -0.497 e. The van der Waals surface area contributed by atoms with Crippen LogP contribution in [0.2, 0.25) is 0 Å². The molecule has 0 saturated carbocycles. The zero-order valence-electron chi connectivity index (χ0n) is 18.1. The van der Waals surface area contributed by atoms with Crippen LogP contribution in [0.15, 0.2) is 53.5 Å². The monoisotopic (exact) mass is 464 g/mol. The van der Waals surface area contributed by atoms with Gasteiger partial charge in [-0.2, -0.15) is 5.10 Å². The number of alkyl halides is 3. The first-order valence-corrected chi connectivity index (χ1v) is 10.1. The molecule has 0 spiro atoms. The van der Waals surface area contributed by atoms with Crippen molar-refractivity contribution in [3.63, 3.8) is 0 Å². The standard InChI is InChI=1S/C23H23F3N2O5/c1-31-16-10-8-15(9-11-16)14-28-21(30)17-5-3-6-19(18(17)13-27-28)23(26,22(24)25)33-12-4-7-20(29)32-2/h3,5-6,8-11,13,22H,4,7,12,14H2,1-2H3. The highest BCUT2D eigenvalue weighted by molar-refractivity contribution is 5.84. The van der Waals surface area contributed by atoms with Crippen LogP contribution < -0.4 is 10.3 Å². The van der Waals surface area contributed by atoms with E-state index in [1.165, 1.54) is 32.5 Å². The van der Waals surface area contributed by atoms with Gasteiger partial charge in [-0.15, -0.1) is 0 Å². The molecule has 0 aliphatic carbocycles. The molecule has 1 unspecified atom stereocenters. The van der Waals surface area contributed by atoms with E-state index in [9.17, 15) is 18.4 Å². The lowest BCUT2D eigenvalue weighted by molar-refractivity contribution is -0.230. The SMILES string of the molecule is COC(=O)CCCOC(F)(c1cccc2c(=O)n(Cc3ccc(OC)cc3)ncc12)C(F)F. The molecule has 3 rings (SSSR count). The van der Waals surface area contributed by atoms with Crippen LogP contribution >= 0.6 is 0 Å². The fraction of sp³-hybridized carbons (Fsp3) is 0.348.